The molecule has 1 aliphatic carbocycles. The molecule has 0 saturated carbocycles. The summed E-state index contributed by atoms with van der Waals surface area (Å²) in [4.78, 5) is 23.8. The third kappa shape index (κ3) is 4.44. The molecule has 0 unspecified atom stereocenters. The van der Waals surface area contributed by atoms with Crippen molar-refractivity contribution in [3.05, 3.63) is 70.5 Å². The molecule has 2 aromatic rings. The zero-order valence-corrected chi connectivity index (χ0v) is 13.9. The highest BCUT2D eigenvalue weighted by Crippen LogP contribution is 2.23. The molecule has 1 aliphatic rings. The Morgan fingerprint density at radius 2 is 1.88 bits per heavy atom. The molecule has 0 aromatic heterocycles. The van der Waals surface area contributed by atoms with E-state index in [4.69, 9.17) is 4.74 Å². The van der Waals surface area contributed by atoms with E-state index >= 15 is 0 Å². The van der Waals surface area contributed by atoms with Crippen LogP contribution in [-0.4, -0.2) is 25.0 Å². The second-order valence-corrected chi connectivity index (χ2v) is 6.10. The second kappa shape index (κ2) is 7.92. The second-order valence-electron chi connectivity index (χ2n) is 6.10. The summed E-state index contributed by atoms with van der Waals surface area (Å²) in [5, 5.41) is 2.62. The minimum absolute atomic E-state index is 0.288. The lowest BCUT2D eigenvalue weighted by Crippen LogP contribution is -2.30. The van der Waals surface area contributed by atoms with Crippen molar-refractivity contribution in [1.82, 2.24) is 5.32 Å². The summed E-state index contributed by atoms with van der Waals surface area (Å²) in [6.07, 6.45) is 3.53. The van der Waals surface area contributed by atoms with Gasteiger partial charge in [-0.05, 0) is 60.6 Å². The molecule has 130 valence electrons. The van der Waals surface area contributed by atoms with Crippen molar-refractivity contribution >= 4 is 11.9 Å². The minimum atomic E-state index is -0.501. The maximum absolute atomic E-state index is 13.5. The Morgan fingerprint density at radius 1 is 1.08 bits per heavy atom. The van der Waals surface area contributed by atoms with E-state index in [1.165, 1.54) is 17.2 Å². The number of carbonyl (C=O) groups is 2. The summed E-state index contributed by atoms with van der Waals surface area (Å²) < 4.78 is 18.5. The van der Waals surface area contributed by atoms with Crippen LogP contribution in [0.3, 0.4) is 0 Å². The van der Waals surface area contributed by atoms with Crippen LogP contribution in [0.15, 0.2) is 42.5 Å². The van der Waals surface area contributed by atoms with Crippen LogP contribution in [0.25, 0.3) is 0 Å². The van der Waals surface area contributed by atoms with Gasteiger partial charge in [-0.1, -0.05) is 24.3 Å². The van der Waals surface area contributed by atoms with Crippen molar-refractivity contribution < 1.29 is 18.7 Å². The van der Waals surface area contributed by atoms with Crippen molar-refractivity contribution in [2.45, 2.75) is 25.7 Å². The van der Waals surface area contributed by atoms with Crippen LogP contribution in [0.2, 0.25) is 0 Å². The van der Waals surface area contributed by atoms with E-state index in [1.807, 2.05) is 12.1 Å². The number of aryl methyl sites for hydroxylation is 2. The fourth-order valence-electron chi connectivity index (χ4n) is 3.00. The molecular weight excluding hydrogens is 321 g/mol. The molecule has 3 rings (SSSR count). The highest BCUT2D eigenvalue weighted by molar-refractivity contribution is 5.91. The van der Waals surface area contributed by atoms with Crippen LogP contribution in [-0.2, 0) is 28.8 Å². The average molecular weight is 341 g/mol. The number of fused-ring (bicyclic) bond motifs is 1. The van der Waals surface area contributed by atoms with Gasteiger partial charge in [0.15, 0.2) is 6.61 Å². The Labute approximate surface area is 146 Å². The summed E-state index contributed by atoms with van der Waals surface area (Å²) in [6, 6.07) is 12.0. The van der Waals surface area contributed by atoms with Crippen LogP contribution in [0.5, 0.6) is 0 Å². The van der Waals surface area contributed by atoms with E-state index in [-0.39, 0.29) is 19.0 Å². The first-order chi connectivity index (χ1) is 12.1. The lowest BCUT2D eigenvalue weighted by molar-refractivity contribution is -0.124. The van der Waals surface area contributed by atoms with Crippen LogP contribution in [0.1, 0.15) is 33.5 Å². The van der Waals surface area contributed by atoms with Crippen molar-refractivity contribution in [2.24, 2.45) is 0 Å². The van der Waals surface area contributed by atoms with Gasteiger partial charge < -0.3 is 10.1 Å². The number of halogens is 1. The third-order valence-corrected chi connectivity index (χ3v) is 4.34. The van der Waals surface area contributed by atoms with Gasteiger partial charge in [0.05, 0.1) is 5.56 Å². The summed E-state index contributed by atoms with van der Waals surface area (Å²) in [7, 11) is 0. The highest BCUT2D eigenvalue weighted by Gasteiger charge is 2.15. The molecule has 0 spiro atoms. The zero-order chi connectivity index (χ0) is 17.6. The monoisotopic (exact) mass is 341 g/mol. The molecule has 0 radical (unpaired) electrons. The Morgan fingerprint density at radius 3 is 2.72 bits per heavy atom. The predicted octanol–water partition coefficient (Wildman–Crippen LogP) is 2.83. The zero-order valence-electron chi connectivity index (χ0n) is 13.9. The third-order valence-electron chi connectivity index (χ3n) is 4.34. The Bertz CT molecular complexity index is 788. The number of carbonyl (C=O) groups excluding carboxylic acids is 2. The van der Waals surface area contributed by atoms with Crippen LogP contribution < -0.4 is 5.32 Å². The molecule has 2 aromatic carbocycles. The number of benzene rings is 2. The summed E-state index contributed by atoms with van der Waals surface area (Å²) in [5.74, 6) is -1.19. The minimum Gasteiger partial charge on any atom is -0.452 e. The molecule has 5 heteroatoms. The van der Waals surface area contributed by atoms with Crippen LogP contribution in [0, 0.1) is 5.82 Å². The molecule has 0 aliphatic heterocycles. The maximum atomic E-state index is 13.5. The topological polar surface area (TPSA) is 55.4 Å². The van der Waals surface area contributed by atoms with Gasteiger partial charge in [-0.2, -0.15) is 0 Å². The molecule has 0 atom stereocenters. The van der Waals surface area contributed by atoms with Crippen LogP contribution >= 0.6 is 0 Å². The number of rotatable bonds is 6. The molecule has 1 amide bonds. The fourth-order valence-corrected chi connectivity index (χ4v) is 3.00. The predicted molar refractivity (Wildman–Crippen MR) is 91.9 cm³/mol. The fraction of sp³-hybridized carbons (Fsp3) is 0.300. The molecule has 0 fully saturated rings. The first-order valence-electron chi connectivity index (χ1n) is 8.42. The van der Waals surface area contributed by atoms with Gasteiger partial charge >= 0.3 is 5.97 Å². The summed E-state index contributed by atoms with van der Waals surface area (Å²) in [6.45, 7) is -0.0522. The van der Waals surface area contributed by atoms with Gasteiger partial charge in [0.2, 0.25) is 0 Å². The van der Waals surface area contributed by atoms with Gasteiger partial charge in [0.1, 0.15) is 5.82 Å². The van der Waals surface area contributed by atoms with E-state index < -0.39 is 11.9 Å². The Kier molecular flexibility index (Phi) is 5.43. The first kappa shape index (κ1) is 17.1. The molecular formula is C20H20FNO3. The lowest BCUT2D eigenvalue weighted by Gasteiger charge is -2.08. The number of ether oxygens (including phenoxy) is 1. The number of amides is 1. The Hall–Kier alpha value is -2.69. The largest absolute Gasteiger partial charge is 0.452 e. The maximum Gasteiger partial charge on any atom is 0.338 e. The van der Waals surface area contributed by atoms with E-state index in [0.717, 1.165) is 19.3 Å². The van der Waals surface area contributed by atoms with Crippen molar-refractivity contribution in [2.75, 3.05) is 13.2 Å². The lowest BCUT2D eigenvalue weighted by atomic mass is 10.1. The van der Waals surface area contributed by atoms with E-state index in [1.54, 1.807) is 24.3 Å². The van der Waals surface area contributed by atoms with E-state index in [2.05, 4.69) is 5.32 Å². The van der Waals surface area contributed by atoms with Crippen molar-refractivity contribution in [3.63, 3.8) is 0 Å². The molecule has 0 heterocycles. The molecule has 0 saturated heterocycles. The van der Waals surface area contributed by atoms with Crippen molar-refractivity contribution in [3.8, 4) is 0 Å². The van der Waals surface area contributed by atoms with E-state index in [9.17, 15) is 14.0 Å². The van der Waals surface area contributed by atoms with Gasteiger partial charge in [-0.3, -0.25) is 4.79 Å². The number of hydrogen-bond acceptors (Lipinski definition) is 3. The Balaban J connectivity index is 1.43. The quantitative estimate of drug-likeness (QED) is 0.822. The number of nitrogens with one attached hydrogen (secondary N) is 1. The molecule has 1 N–H and O–H groups in total. The van der Waals surface area contributed by atoms with Crippen LogP contribution in [0.4, 0.5) is 4.39 Å². The summed E-state index contributed by atoms with van der Waals surface area (Å²) in [5.41, 5.74) is 3.48. The van der Waals surface area contributed by atoms with Gasteiger partial charge in [-0.25, -0.2) is 9.18 Å². The van der Waals surface area contributed by atoms with Gasteiger partial charge in [-0.15, -0.1) is 0 Å². The molecule has 25 heavy (non-hydrogen) atoms. The number of esters is 1. The van der Waals surface area contributed by atoms with Crippen molar-refractivity contribution in [1.29, 1.82) is 0 Å². The smallest absolute Gasteiger partial charge is 0.338 e. The van der Waals surface area contributed by atoms with Gasteiger partial charge in [0, 0.05) is 6.54 Å². The van der Waals surface area contributed by atoms with Gasteiger partial charge in [0.25, 0.3) is 5.91 Å². The first-order valence-corrected chi connectivity index (χ1v) is 8.42. The molecule has 0 bridgehead atoms. The average Bonchev–Trinajstić information content (AvgIpc) is 3.09. The molecule has 4 nitrogen and oxygen atoms in total. The normalized spacial score (nSPS) is 12.5. The van der Waals surface area contributed by atoms with E-state index in [0.29, 0.717) is 17.5 Å². The standard InChI is InChI=1S/C20H20FNO3/c21-18-7-2-1-4-15(18)10-11-22-19(23)13-25-20(24)17-9-8-14-5-3-6-16(14)12-17/h1-2,4,7-9,12H,3,5-6,10-11,13H2,(H,22,23). The SMILES string of the molecule is O=C(COC(=O)c1ccc2c(c1)CCC2)NCCc1ccccc1F. The summed E-state index contributed by atoms with van der Waals surface area (Å²) >= 11 is 0. The number of hydrogen-bond donors (Lipinski definition) is 1. The highest BCUT2D eigenvalue weighted by atomic mass is 19.1.